The molecule has 2 aliphatic carbocycles. The summed E-state index contributed by atoms with van der Waals surface area (Å²) in [4.78, 5) is 0. The van der Waals surface area contributed by atoms with Crippen LogP contribution in [0.3, 0.4) is 0 Å². The van der Waals surface area contributed by atoms with Crippen molar-refractivity contribution in [3.8, 4) is 39.1 Å². The van der Waals surface area contributed by atoms with Crippen LogP contribution in [-0.2, 0) is 5.41 Å². The van der Waals surface area contributed by atoms with Crippen molar-refractivity contribution in [3.63, 3.8) is 0 Å². The summed E-state index contributed by atoms with van der Waals surface area (Å²) in [6.07, 6.45) is 0. The number of methoxy groups -OCH3 is 1. The Balaban J connectivity index is 1.56. The zero-order chi connectivity index (χ0) is 24.6. The van der Waals surface area contributed by atoms with Gasteiger partial charge in [0.2, 0.25) is 0 Å². The van der Waals surface area contributed by atoms with E-state index in [9.17, 15) is 0 Å². The molecule has 0 bridgehead atoms. The highest BCUT2D eigenvalue weighted by molar-refractivity contribution is 6.04. The van der Waals surface area contributed by atoms with Crippen LogP contribution in [0.5, 0.6) is 5.75 Å². The molecule has 2 aliphatic rings. The van der Waals surface area contributed by atoms with Crippen molar-refractivity contribution in [1.82, 2.24) is 0 Å². The average Bonchev–Trinajstić information content (AvgIpc) is 3.44. The lowest BCUT2D eigenvalue weighted by Crippen LogP contribution is -2.26. The van der Waals surface area contributed by atoms with Gasteiger partial charge in [-0.1, -0.05) is 109 Å². The molecule has 8 rings (SSSR count). The summed E-state index contributed by atoms with van der Waals surface area (Å²) >= 11 is 0. The van der Waals surface area contributed by atoms with Crippen molar-refractivity contribution in [2.75, 3.05) is 7.11 Å². The van der Waals surface area contributed by atoms with Crippen molar-refractivity contribution in [1.29, 1.82) is 0 Å². The van der Waals surface area contributed by atoms with Crippen molar-refractivity contribution in [3.05, 3.63) is 150 Å². The number of fused-ring (bicyclic) bond motifs is 12. The maximum absolute atomic E-state index is 5.60. The Morgan fingerprint density at radius 2 is 1.14 bits per heavy atom. The summed E-state index contributed by atoms with van der Waals surface area (Å²) in [6, 6.07) is 46.8. The minimum absolute atomic E-state index is 0.378. The molecule has 0 heterocycles. The summed E-state index contributed by atoms with van der Waals surface area (Å²) in [5, 5.41) is 2.48. The fourth-order valence-corrected chi connectivity index (χ4v) is 6.89. The van der Waals surface area contributed by atoms with Gasteiger partial charge in [0, 0.05) is 0 Å². The molecule has 0 atom stereocenters. The first-order valence-corrected chi connectivity index (χ1v) is 12.8. The predicted octanol–water partition coefficient (Wildman–Crippen LogP) is 8.86. The third kappa shape index (κ3) is 2.58. The van der Waals surface area contributed by atoms with Gasteiger partial charge >= 0.3 is 0 Å². The molecule has 1 heteroatoms. The third-order valence-electron chi connectivity index (χ3n) is 8.38. The lowest BCUT2D eigenvalue weighted by molar-refractivity contribution is 0.415. The van der Waals surface area contributed by atoms with Gasteiger partial charge in [-0.2, -0.15) is 0 Å². The minimum Gasteiger partial charge on any atom is -0.497 e. The molecule has 0 amide bonds. The van der Waals surface area contributed by atoms with E-state index in [-0.39, 0.29) is 5.41 Å². The van der Waals surface area contributed by atoms with Gasteiger partial charge in [0.1, 0.15) is 5.75 Å². The van der Waals surface area contributed by atoms with Crippen LogP contribution >= 0.6 is 0 Å². The maximum Gasteiger partial charge on any atom is 0.119 e. The summed E-state index contributed by atoms with van der Waals surface area (Å²) < 4.78 is 5.60. The van der Waals surface area contributed by atoms with E-state index < -0.39 is 0 Å². The SMILES string of the molecule is COc1ccc2c3c(ccc2c1)-c1ccc(-c2ccccc2)cc1C31c2ccccc2-c2ccccc21. The van der Waals surface area contributed by atoms with Gasteiger partial charge in [-0.3, -0.25) is 0 Å². The van der Waals surface area contributed by atoms with E-state index in [4.69, 9.17) is 4.74 Å². The Bertz CT molecular complexity index is 1820. The second-order valence-electron chi connectivity index (χ2n) is 10.0. The van der Waals surface area contributed by atoms with E-state index >= 15 is 0 Å². The fraction of sp³-hybridized carbons (Fsp3) is 0.0556. The molecule has 0 fully saturated rings. The highest BCUT2D eigenvalue weighted by atomic mass is 16.5. The van der Waals surface area contributed by atoms with Gasteiger partial charge in [0.05, 0.1) is 12.5 Å². The van der Waals surface area contributed by atoms with Crippen molar-refractivity contribution < 1.29 is 4.74 Å². The lowest BCUT2D eigenvalue weighted by Gasteiger charge is -2.31. The third-order valence-corrected chi connectivity index (χ3v) is 8.38. The second-order valence-corrected chi connectivity index (χ2v) is 10.0. The first kappa shape index (κ1) is 20.6. The monoisotopic (exact) mass is 472 g/mol. The summed E-state index contributed by atoms with van der Waals surface area (Å²) in [5.74, 6) is 0.885. The molecule has 0 radical (unpaired) electrons. The van der Waals surface area contributed by atoms with Crippen LogP contribution in [0.2, 0.25) is 0 Å². The van der Waals surface area contributed by atoms with Crippen LogP contribution in [-0.4, -0.2) is 7.11 Å². The largest absolute Gasteiger partial charge is 0.497 e. The minimum atomic E-state index is -0.378. The Kier molecular flexibility index (Phi) is 4.14. The molecule has 6 aromatic carbocycles. The second kappa shape index (κ2) is 7.44. The van der Waals surface area contributed by atoms with Crippen molar-refractivity contribution in [2.24, 2.45) is 0 Å². The van der Waals surface area contributed by atoms with Crippen LogP contribution in [0.1, 0.15) is 22.3 Å². The van der Waals surface area contributed by atoms with E-state index in [1.807, 2.05) is 0 Å². The molecule has 174 valence electrons. The van der Waals surface area contributed by atoms with Gasteiger partial charge in [-0.15, -0.1) is 0 Å². The summed E-state index contributed by atoms with van der Waals surface area (Å²) in [7, 11) is 1.74. The number of hydrogen-bond donors (Lipinski definition) is 0. The van der Waals surface area contributed by atoms with E-state index in [0.717, 1.165) is 5.75 Å². The van der Waals surface area contributed by atoms with Crippen LogP contribution in [0, 0.1) is 0 Å². The highest BCUT2D eigenvalue weighted by Gasteiger charge is 2.52. The molecular formula is C36H24O. The van der Waals surface area contributed by atoms with Gasteiger partial charge in [0.25, 0.3) is 0 Å². The zero-order valence-electron chi connectivity index (χ0n) is 20.5. The van der Waals surface area contributed by atoms with Crippen LogP contribution in [0.4, 0.5) is 0 Å². The lowest BCUT2D eigenvalue weighted by atomic mass is 9.69. The van der Waals surface area contributed by atoms with Crippen molar-refractivity contribution in [2.45, 2.75) is 5.41 Å². The maximum atomic E-state index is 5.60. The topological polar surface area (TPSA) is 9.23 Å². The van der Waals surface area contributed by atoms with Gasteiger partial charge in [0.15, 0.2) is 0 Å². The Labute approximate surface area is 216 Å². The molecule has 1 nitrogen and oxygen atoms in total. The molecule has 1 spiro atoms. The van der Waals surface area contributed by atoms with Crippen LogP contribution in [0.15, 0.2) is 127 Å². The normalized spacial score (nSPS) is 13.8. The smallest absolute Gasteiger partial charge is 0.119 e. The van der Waals surface area contributed by atoms with Gasteiger partial charge in [-0.25, -0.2) is 0 Å². The van der Waals surface area contributed by atoms with Crippen LogP contribution in [0.25, 0.3) is 44.2 Å². The number of hydrogen-bond acceptors (Lipinski definition) is 1. The first-order valence-electron chi connectivity index (χ1n) is 12.8. The Hall–Kier alpha value is -4.62. The Morgan fingerprint density at radius 1 is 0.486 bits per heavy atom. The van der Waals surface area contributed by atoms with E-state index in [1.54, 1.807) is 7.11 Å². The predicted molar refractivity (Wildman–Crippen MR) is 152 cm³/mol. The molecule has 0 aliphatic heterocycles. The van der Waals surface area contributed by atoms with E-state index in [1.165, 1.54) is 66.4 Å². The molecule has 0 aromatic heterocycles. The highest BCUT2D eigenvalue weighted by Crippen LogP contribution is 2.64. The number of rotatable bonds is 2. The molecule has 0 saturated carbocycles. The number of ether oxygens (including phenoxy) is 1. The molecule has 6 aromatic rings. The van der Waals surface area contributed by atoms with E-state index in [2.05, 4.69) is 127 Å². The molecule has 37 heavy (non-hydrogen) atoms. The quantitative estimate of drug-likeness (QED) is 0.244. The molecule has 0 saturated heterocycles. The molecular weight excluding hydrogens is 448 g/mol. The average molecular weight is 473 g/mol. The van der Waals surface area contributed by atoms with Gasteiger partial charge < -0.3 is 4.74 Å². The molecule has 0 unspecified atom stereocenters. The fourth-order valence-electron chi connectivity index (χ4n) is 6.89. The van der Waals surface area contributed by atoms with Crippen LogP contribution < -0.4 is 4.74 Å². The summed E-state index contributed by atoms with van der Waals surface area (Å²) in [6.45, 7) is 0. The van der Waals surface area contributed by atoms with E-state index in [0.29, 0.717) is 0 Å². The Morgan fingerprint density at radius 3 is 1.86 bits per heavy atom. The standard InChI is InChI=1S/C36H24O/c1-37-26-17-20-27-25(21-26)16-19-31-30-18-15-24(23-9-3-2-4-10-23)22-34(30)36(35(27)31)32-13-7-5-11-28(32)29-12-6-8-14-33(29)36/h2-22H,1H3. The van der Waals surface area contributed by atoms with Crippen molar-refractivity contribution >= 4 is 10.8 Å². The molecule has 0 N–H and O–H groups in total. The van der Waals surface area contributed by atoms with Gasteiger partial charge in [-0.05, 0) is 84.6 Å². The number of benzene rings is 6. The summed E-state index contributed by atoms with van der Waals surface area (Å²) in [5.41, 5.74) is 12.9. The first-order chi connectivity index (χ1) is 18.3. The zero-order valence-corrected chi connectivity index (χ0v) is 20.5.